The molecule has 36 heavy (non-hydrogen) atoms. The highest BCUT2D eigenvalue weighted by Crippen LogP contribution is 2.31. The average molecular weight is 516 g/mol. The third kappa shape index (κ3) is 10.9. The highest BCUT2D eigenvalue weighted by atomic mass is 35.5. The molecule has 2 heterocycles. The van der Waals surface area contributed by atoms with Crippen molar-refractivity contribution in [3.05, 3.63) is 70.5 Å². The van der Waals surface area contributed by atoms with E-state index in [0.717, 1.165) is 24.4 Å². The second-order valence-electron chi connectivity index (χ2n) is 9.44. The lowest BCUT2D eigenvalue weighted by Gasteiger charge is -2.38. The van der Waals surface area contributed by atoms with E-state index in [2.05, 4.69) is 32.3 Å². The fraction of sp³-hybridized carbons (Fsp3) is 0.483. The molecule has 1 aliphatic rings. The summed E-state index contributed by atoms with van der Waals surface area (Å²) in [5.74, 6) is 0. The smallest absolute Gasteiger partial charge is 0.151 e. The Hall–Kier alpha value is -2.70. The first-order valence-electron chi connectivity index (χ1n) is 12.5. The van der Waals surface area contributed by atoms with E-state index in [4.69, 9.17) is 28.2 Å². The van der Waals surface area contributed by atoms with Gasteiger partial charge in [-0.15, -0.1) is 0 Å². The number of halogens is 1. The Bertz CT molecular complexity index is 1030. The van der Waals surface area contributed by atoms with Crippen LogP contribution in [0.15, 0.2) is 54.4 Å². The minimum absolute atomic E-state index is 0.246. The molecule has 1 unspecified atom stereocenters. The topological polar surface area (TPSA) is 99.0 Å². The molecule has 0 bridgehead atoms. The molecule has 2 rings (SSSR count). The van der Waals surface area contributed by atoms with E-state index in [1.54, 1.807) is 35.9 Å². The summed E-state index contributed by atoms with van der Waals surface area (Å²) in [5, 5.41) is 16.0. The van der Waals surface area contributed by atoms with Gasteiger partial charge >= 0.3 is 0 Å². The maximum Gasteiger partial charge on any atom is 0.151 e. The van der Waals surface area contributed by atoms with E-state index in [-0.39, 0.29) is 6.04 Å². The maximum atomic E-state index is 10.2. The molecule has 0 aromatic carbocycles. The normalized spacial score (nSPS) is 16.3. The van der Waals surface area contributed by atoms with E-state index in [1.165, 1.54) is 18.5 Å². The van der Waals surface area contributed by atoms with E-state index in [1.807, 2.05) is 39.8 Å². The number of carbonyl (C=O) groups is 1. The second kappa shape index (κ2) is 16.1. The molecule has 1 aliphatic heterocycles. The molecule has 1 aromatic rings. The molecule has 0 aliphatic carbocycles. The highest BCUT2D eigenvalue weighted by molar-refractivity contribution is 6.30. The summed E-state index contributed by atoms with van der Waals surface area (Å²) in [7, 11) is 0. The molecule has 0 radical (unpaired) electrons. The second-order valence-corrected chi connectivity index (χ2v) is 9.88. The van der Waals surface area contributed by atoms with Gasteiger partial charge in [-0.05, 0) is 58.1 Å². The van der Waals surface area contributed by atoms with Crippen molar-refractivity contribution in [1.29, 1.82) is 10.8 Å². The summed E-state index contributed by atoms with van der Waals surface area (Å²) in [6.45, 7) is 22.3. The van der Waals surface area contributed by atoms with Gasteiger partial charge in [0, 0.05) is 53.6 Å². The number of likely N-dealkylation sites (tertiary alicyclic amines) is 1. The number of nitrogens with one attached hydrogen (secondary N) is 2. The molecule has 6 nitrogen and oxygen atoms in total. The standard InChI is InChI=1S/C19H29ClN4.C8H11NO.C2H6/c1-13(23-8-6-19(4,5)7-9-23)10-14(2)24-12-16(20)11-17(15(3)21)18(24)22;1-3-4-5-8(6-10)7(2)9;1-2/h10-12,15,22H,2,6-9,21H2,1,3-5H3;3-6,9H,1-2H3;1-2H3/b13-10+,22-18?;4-3-,8-5-,9-7?;. The Balaban J connectivity index is 0.000000861. The maximum absolute atomic E-state index is 10.2. The molecule has 200 valence electrons. The largest absolute Gasteiger partial charge is 0.375 e. The lowest BCUT2D eigenvalue weighted by molar-refractivity contribution is -0.104. The molecule has 7 heteroatoms. The van der Waals surface area contributed by atoms with Gasteiger partial charge in [-0.2, -0.15) is 0 Å². The van der Waals surface area contributed by atoms with Crippen LogP contribution in [0.3, 0.4) is 0 Å². The van der Waals surface area contributed by atoms with Crippen LogP contribution >= 0.6 is 11.6 Å². The first-order valence-corrected chi connectivity index (χ1v) is 12.9. The Morgan fingerprint density at radius 1 is 1.25 bits per heavy atom. The van der Waals surface area contributed by atoms with Crippen LogP contribution in [-0.2, 0) is 4.79 Å². The van der Waals surface area contributed by atoms with Crippen LogP contribution in [-0.4, -0.2) is 34.6 Å². The average Bonchev–Trinajstić information content (AvgIpc) is 2.82. The molecule has 0 saturated carbocycles. The van der Waals surface area contributed by atoms with E-state index >= 15 is 0 Å². The van der Waals surface area contributed by atoms with Crippen LogP contribution in [0.2, 0.25) is 5.02 Å². The molecular weight excluding hydrogens is 470 g/mol. The highest BCUT2D eigenvalue weighted by Gasteiger charge is 2.25. The van der Waals surface area contributed by atoms with Gasteiger partial charge in [0.2, 0.25) is 0 Å². The molecule has 1 aromatic heterocycles. The van der Waals surface area contributed by atoms with Crippen molar-refractivity contribution in [2.75, 3.05) is 13.1 Å². The zero-order valence-corrected chi connectivity index (χ0v) is 24.2. The number of hydrogen-bond donors (Lipinski definition) is 3. The van der Waals surface area contributed by atoms with Gasteiger partial charge in [0.05, 0.1) is 5.02 Å². The van der Waals surface area contributed by atoms with Gasteiger partial charge in [0.15, 0.2) is 6.29 Å². The Morgan fingerprint density at radius 2 is 1.81 bits per heavy atom. The number of nitrogens with zero attached hydrogens (tertiary/aromatic N) is 2. The third-order valence-electron chi connectivity index (χ3n) is 5.88. The van der Waals surface area contributed by atoms with Crippen molar-refractivity contribution >= 4 is 29.3 Å². The number of aldehydes is 1. The molecule has 1 atom stereocenters. The molecule has 1 saturated heterocycles. The van der Waals surface area contributed by atoms with Crippen molar-refractivity contribution in [2.45, 2.75) is 74.3 Å². The minimum Gasteiger partial charge on any atom is -0.375 e. The predicted octanol–water partition coefficient (Wildman–Crippen LogP) is 6.89. The van der Waals surface area contributed by atoms with Crippen LogP contribution in [0.25, 0.3) is 5.70 Å². The van der Waals surface area contributed by atoms with E-state index in [0.29, 0.717) is 33.5 Å². The van der Waals surface area contributed by atoms with E-state index < -0.39 is 0 Å². The number of rotatable bonds is 7. The fourth-order valence-electron chi connectivity index (χ4n) is 3.47. The van der Waals surface area contributed by atoms with Crippen LogP contribution in [0.4, 0.5) is 0 Å². The van der Waals surface area contributed by atoms with Crippen molar-refractivity contribution in [3.63, 3.8) is 0 Å². The number of hydrogen-bond acceptors (Lipinski definition) is 5. The Labute approximate surface area is 223 Å². The van der Waals surface area contributed by atoms with Gasteiger partial charge in [-0.1, -0.05) is 64.1 Å². The van der Waals surface area contributed by atoms with Gasteiger partial charge in [0.1, 0.15) is 5.49 Å². The fourth-order valence-corrected chi connectivity index (χ4v) is 3.69. The number of nitrogens with two attached hydrogens (primary N) is 1. The van der Waals surface area contributed by atoms with Crippen LogP contribution in [0.1, 0.15) is 79.8 Å². The Kier molecular flexibility index (Phi) is 14.9. The summed E-state index contributed by atoms with van der Waals surface area (Å²) >= 11 is 6.19. The lowest BCUT2D eigenvalue weighted by atomic mass is 9.82. The lowest BCUT2D eigenvalue weighted by Crippen LogP contribution is -2.36. The molecule has 0 spiro atoms. The van der Waals surface area contributed by atoms with Gasteiger partial charge in [-0.3, -0.25) is 10.2 Å². The molecule has 4 N–H and O–H groups in total. The molecular formula is C29H46ClN5O. The first-order chi connectivity index (χ1) is 16.8. The SMILES string of the molecule is C/C=C\C=C(\C=O)C(C)=N.C=C(/C=C(\C)N1CCC(C)(C)CC1)n1cc(Cl)cc(C(C)N)c1=N.CC. The van der Waals surface area contributed by atoms with Crippen LogP contribution in [0.5, 0.6) is 0 Å². The van der Waals surface area contributed by atoms with Crippen molar-refractivity contribution < 1.29 is 4.79 Å². The third-order valence-corrected chi connectivity index (χ3v) is 6.09. The summed E-state index contributed by atoms with van der Waals surface area (Å²) in [6, 6.07) is 1.51. The monoisotopic (exact) mass is 515 g/mol. The number of carbonyl (C=O) groups excluding carboxylic acids is 1. The van der Waals surface area contributed by atoms with Crippen molar-refractivity contribution in [3.8, 4) is 0 Å². The molecule has 0 amide bonds. The zero-order chi connectivity index (χ0) is 28.1. The zero-order valence-electron chi connectivity index (χ0n) is 23.4. The number of allylic oxidation sites excluding steroid dienone is 7. The Morgan fingerprint density at radius 3 is 2.25 bits per heavy atom. The van der Waals surface area contributed by atoms with Gasteiger partial charge in [0.25, 0.3) is 0 Å². The minimum atomic E-state index is -0.246. The van der Waals surface area contributed by atoms with Gasteiger partial charge in [-0.25, -0.2) is 0 Å². The number of aromatic nitrogens is 1. The predicted molar refractivity (Wildman–Crippen MR) is 155 cm³/mol. The van der Waals surface area contributed by atoms with Gasteiger partial charge < -0.3 is 20.6 Å². The summed E-state index contributed by atoms with van der Waals surface area (Å²) in [4.78, 5) is 12.6. The summed E-state index contributed by atoms with van der Waals surface area (Å²) in [5.41, 5.74) is 10.1. The van der Waals surface area contributed by atoms with Crippen molar-refractivity contribution in [1.82, 2.24) is 9.47 Å². The van der Waals surface area contributed by atoms with E-state index in [9.17, 15) is 4.79 Å². The number of piperidine rings is 1. The van der Waals surface area contributed by atoms with Crippen molar-refractivity contribution in [2.24, 2.45) is 11.1 Å². The molecule has 1 fully saturated rings. The number of pyridine rings is 1. The van der Waals surface area contributed by atoms with Crippen LogP contribution < -0.4 is 11.2 Å². The quantitative estimate of drug-likeness (QED) is 0.159. The summed E-state index contributed by atoms with van der Waals surface area (Å²) in [6.07, 6.45) is 12.0. The summed E-state index contributed by atoms with van der Waals surface area (Å²) < 4.78 is 1.71. The first kappa shape index (κ1) is 33.3. The van der Waals surface area contributed by atoms with Crippen LogP contribution in [0, 0.1) is 16.2 Å².